The third kappa shape index (κ3) is 4.89. The topological polar surface area (TPSA) is 104 Å². The minimum absolute atomic E-state index is 0.125. The van der Waals surface area contributed by atoms with Gasteiger partial charge in [-0.2, -0.15) is 0 Å². The summed E-state index contributed by atoms with van der Waals surface area (Å²) in [5.74, 6) is 1.83. The Hall–Kier alpha value is -3.37. The highest BCUT2D eigenvalue weighted by molar-refractivity contribution is 8.19. The van der Waals surface area contributed by atoms with E-state index in [1.54, 1.807) is 6.08 Å². The first kappa shape index (κ1) is 23.4. The Balaban J connectivity index is 1.33. The van der Waals surface area contributed by atoms with Crippen molar-refractivity contribution in [2.45, 2.75) is 32.8 Å². The molecular formula is C25H23N3O5S2. The summed E-state index contributed by atoms with van der Waals surface area (Å²) < 4.78 is 22.6. The zero-order valence-corrected chi connectivity index (χ0v) is 20.8. The van der Waals surface area contributed by atoms with Crippen LogP contribution < -0.4 is 18.9 Å². The molecule has 0 unspecified atom stereocenters. The van der Waals surface area contributed by atoms with Crippen LogP contribution in [-0.2, 0) is 17.8 Å². The van der Waals surface area contributed by atoms with Crippen LogP contribution in [0.25, 0.3) is 6.08 Å². The Kier molecular flexibility index (Phi) is 6.74. The zero-order valence-electron chi connectivity index (χ0n) is 19.2. The van der Waals surface area contributed by atoms with Gasteiger partial charge in [0.2, 0.25) is 6.79 Å². The van der Waals surface area contributed by atoms with Crippen molar-refractivity contribution in [3.8, 4) is 23.0 Å². The number of benzene rings is 2. The van der Waals surface area contributed by atoms with Gasteiger partial charge in [-0.05, 0) is 54.8 Å². The van der Waals surface area contributed by atoms with Gasteiger partial charge in [0.25, 0.3) is 0 Å². The lowest BCUT2D eigenvalue weighted by Gasteiger charge is -2.13. The maximum absolute atomic E-state index is 13.1. The highest BCUT2D eigenvalue weighted by Crippen LogP contribution is 2.42. The lowest BCUT2D eigenvalue weighted by atomic mass is 10.1. The van der Waals surface area contributed by atoms with E-state index in [9.17, 15) is 4.79 Å². The lowest BCUT2D eigenvalue weighted by Crippen LogP contribution is -2.11. The predicted octanol–water partition coefficient (Wildman–Crippen LogP) is 5.22. The molecule has 2 aromatic carbocycles. The second-order valence-corrected chi connectivity index (χ2v) is 9.95. The number of nitrogens with zero attached hydrogens (tertiary/aromatic N) is 2. The molecule has 1 fully saturated rings. The van der Waals surface area contributed by atoms with Gasteiger partial charge in [-0.1, -0.05) is 30.8 Å². The fourth-order valence-electron chi connectivity index (χ4n) is 3.69. The Morgan fingerprint density at radius 2 is 1.94 bits per heavy atom. The summed E-state index contributed by atoms with van der Waals surface area (Å²) >= 11 is 2.56. The SMILES string of the molecule is CCOc1cc(/C=C2\SC(=N)[C@H](c3nnc(CC)s3)C2=O)ccc1OCc1ccc2c(c1)OCO2. The highest BCUT2D eigenvalue weighted by Gasteiger charge is 2.39. The number of nitrogens with one attached hydrogen (secondary N) is 1. The summed E-state index contributed by atoms with van der Waals surface area (Å²) in [5.41, 5.74) is 1.74. The Bertz CT molecular complexity index is 1320. The summed E-state index contributed by atoms with van der Waals surface area (Å²) in [6.45, 7) is 4.93. The van der Waals surface area contributed by atoms with Crippen LogP contribution in [0.1, 0.15) is 40.9 Å². The van der Waals surface area contributed by atoms with Crippen molar-refractivity contribution in [1.82, 2.24) is 10.2 Å². The smallest absolute Gasteiger partial charge is 0.231 e. The number of rotatable bonds is 8. The minimum Gasteiger partial charge on any atom is -0.490 e. The van der Waals surface area contributed by atoms with E-state index in [2.05, 4.69) is 10.2 Å². The predicted molar refractivity (Wildman–Crippen MR) is 135 cm³/mol. The summed E-state index contributed by atoms with van der Waals surface area (Å²) in [6, 6.07) is 11.2. The van der Waals surface area contributed by atoms with Crippen LogP contribution in [0, 0.1) is 5.41 Å². The van der Waals surface area contributed by atoms with E-state index < -0.39 is 5.92 Å². The largest absolute Gasteiger partial charge is 0.490 e. The number of hydrogen-bond donors (Lipinski definition) is 1. The second kappa shape index (κ2) is 10.1. The molecule has 1 saturated heterocycles. The molecule has 1 N–H and O–H groups in total. The summed E-state index contributed by atoms with van der Waals surface area (Å²) in [5, 5.41) is 18.3. The molecule has 0 amide bonds. The van der Waals surface area contributed by atoms with E-state index in [1.807, 2.05) is 50.2 Å². The van der Waals surface area contributed by atoms with Crippen LogP contribution in [0.5, 0.6) is 23.0 Å². The maximum atomic E-state index is 13.1. The number of carbonyl (C=O) groups excluding carboxylic acids is 1. The third-order valence-corrected chi connectivity index (χ3v) is 7.54. The molecule has 10 heteroatoms. The lowest BCUT2D eigenvalue weighted by molar-refractivity contribution is -0.114. The number of allylic oxidation sites excluding steroid dienone is 1. The van der Waals surface area contributed by atoms with Crippen molar-refractivity contribution in [3.05, 3.63) is 62.4 Å². The number of aromatic nitrogens is 2. The Labute approximate surface area is 210 Å². The number of fused-ring (bicyclic) bond motifs is 1. The molecule has 180 valence electrons. The molecule has 3 aromatic rings. The van der Waals surface area contributed by atoms with Crippen molar-refractivity contribution in [1.29, 1.82) is 5.41 Å². The molecule has 0 spiro atoms. The van der Waals surface area contributed by atoms with E-state index in [0.29, 0.717) is 40.4 Å². The van der Waals surface area contributed by atoms with Gasteiger partial charge in [-0.15, -0.1) is 21.5 Å². The van der Waals surface area contributed by atoms with Gasteiger partial charge in [0.1, 0.15) is 22.5 Å². The van der Waals surface area contributed by atoms with Crippen LogP contribution >= 0.6 is 23.1 Å². The highest BCUT2D eigenvalue weighted by atomic mass is 32.2. The van der Waals surface area contributed by atoms with E-state index in [1.165, 1.54) is 23.1 Å². The molecule has 0 aliphatic carbocycles. The molecule has 3 heterocycles. The number of ketones is 1. The van der Waals surface area contributed by atoms with Crippen LogP contribution in [0.4, 0.5) is 0 Å². The number of Topliss-reactive ketones (excluding diaryl/α,β-unsaturated/α-hetero) is 1. The first-order valence-corrected chi connectivity index (χ1v) is 12.8. The van der Waals surface area contributed by atoms with Gasteiger partial charge in [-0.3, -0.25) is 10.2 Å². The molecule has 0 radical (unpaired) electrons. The third-order valence-electron chi connectivity index (χ3n) is 5.42. The normalized spacial score (nSPS) is 17.9. The van der Waals surface area contributed by atoms with Crippen LogP contribution in [0.3, 0.4) is 0 Å². The van der Waals surface area contributed by atoms with Gasteiger partial charge < -0.3 is 18.9 Å². The van der Waals surface area contributed by atoms with Crippen LogP contribution in [0.15, 0.2) is 41.3 Å². The van der Waals surface area contributed by atoms with E-state index in [-0.39, 0.29) is 17.6 Å². The molecule has 2 aliphatic rings. The molecule has 1 atom stereocenters. The van der Waals surface area contributed by atoms with Crippen LogP contribution in [0.2, 0.25) is 0 Å². The average Bonchev–Trinajstić information content (AvgIpc) is 3.58. The van der Waals surface area contributed by atoms with Gasteiger partial charge >= 0.3 is 0 Å². The fourth-order valence-corrected chi connectivity index (χ4v) is 5.64. The van der Waals surface area contributed by atoms with Gasteiger partial charge in [0.05, 0.1) is 16.6 Å². The molecule has 0 bridgehead atoms. The number of ether oxygens (including phenoxy) is 4. The molecule has 0 saturated carbocycles. The summed E-state index contributed by atoms with van der Waals surface area (Å²) in [7, 11) is 0. The Morgan fingerprint density at radius 1 is 1.09 bits per heavy atom. The number of thioether (sulfide) groups is 1. The minimum atomic E-state index is -0.667. The molecule has 8 nitrogen and oxygen atoms in total. The van der Waals surface area contributed by atoms with Crippen molar-refractivity contribution in [3.63, 3.8) is 0 Å². The maximum Gasteiger partial charge on any atom is 0.231 e. The quantitative estimate of drug-likeness (QED) is 0.412. The first-order chi connectivity index (χ1) is 17.1. The Morgan fingerprint density at radius 3 is 2.74 bits per heavy atom. The van der Waals surface area contributed by atoms with Gasteiger partial charge in [0.15, 0.2) is 28.8 Å². The standard InChI is InChI=1S/C25H23N3O5S2/c1-3-21-27-28-25(35-21)22-23(29)20(34-24(22)26)11-14-5-7-16(18(9-14)30-4-2)31-12-15-6-8-17-19(10-15)33-13-32-17/h5-11,22,26H,3-4,12-13H2,1-2H3/b20-11-,26-24?/t22-/m1/s1. The van der Waals surface area contributed by atoms with Gasteiger partial charge in [-0.25, -0.2) is 0 Å². The monoisotopic (exact) mass is 509 g/mol. The van der Waals surface area contributed by atoms with Gasteiger partial charge in [0, 0.05) is 0 Å². The zero-order chi connectivity index (χ0) is 24.4. The summed E-state index contributed by atoms with van der Waals surface area (Å²) in [6.07, 6.45) is 2.54. The molecule has 5 rings (SSSR count). The molecule has 1 aromatic heterocycles. The van der Waals surface area contributed by atoms with Crippen LogP contribution in [-0.4, -0.2) is 34.4 Å². The van der Waals surface area contributed by atoms with Crippen molar-refractivity contribution >= 4 is 40.0 Å². The summed E-state index contributed by atoms with van der Waals surface area (Å²) in [4.78, 5) is 13.6. The number of hydrogen-bond acceptors (Lipinski definition) is 10. The van der Waals surface area contributed by atoms with E-state index in [0.717, 1.165) is 28.3 Å². The number of carbonyl (C=O) groups is 1. The van der Waals surface area contributed by atoms with E-state index >= 15 is 0 Å². The average molecular weight is 510 g/mol. The molecule has 2 aliphatic heterocycles. The van der Waals surface area contributed by atoms with Crippen molar-refractivity contribution in [2.24, 2.45) is 0 Å². The van der Waals surface area contributed by atoms with E-state index in [4.69, 9.17) is 24.4 Å². The van der Waals surface area contributed by atoms with Crippen molar-refractivity contribution < 1.29 is 23.7 Å². The second-order valence-electron chi connectivity index (χ2n) is 7.78. The molecule has 35 heavy (non-hydrogen) atoms. The first-order valence-electron chi connectivity index (χ1n) is 11.2. The van der Waals surface area contributed by atoms with Crippen molar-refractivity contribution in [2.75, 3.05) is 13.4 Å². The fraction of sp³-hybridized carbons (Fsp3) is 0.280. The number of aryl methyl sites for hydroxylation is 1. The molecular weight excluding hydrogens is 486 g/mol.